The van der Waals surface area contributed by atoms with Crippen LogP contribution in [0.4, 0.5) is 0 Å². The minimum Gasteiger partial charge on any atom is -0.493 e. The summed E-state index contributed by atoms with van der Waals surface area (Å²) in [7, 11) is 3.15. The number of fused-ring (bicyclic) bond motifs is 1. The first-order chi connectivity index (χ1) is 12.5. The highest BCUT2D eigenvalue weighted by Crippen LogP contribution is 2.44. The number of carboxylic acids is 1. The molecule has 7 heteroatoms. The average Bonchev–Trinajstić information content (AvgIpc) is 3.13. The lowest BCUT2D eigenvalue weighted by Crippen LogP contribution is -2.27. The molecule has 1 N–H and O–H groups in total. The van der Waals surface area contributed by atoms with Crippen LogP contribution in [0.5, 0.6) is 11.5 Å². The van der Waals surface area contributed by atoms with Crippen molar-refractivity contribution in [2.24, 2.45) is 0 Å². The molecule has 7 nitrogen and oxygen atoms in total. The summed E-state index contributed by atoms with van der Waals surface area (Å²) >= 11 is 0. The standard InChI is InChI=1S/C19H24N2O5/c1-11-10-13-15(18(26-3)17(11)25-2)16(12-6-4-5-7-12)20-19(24)21(13)9-8-14(22)23/h10,12H,4-9H2,1-3H3,(H,22,23). The molecule has 26 heavy (non-hydrogen) atoms. The van der Waals surface area contributed by atoms with E-state index in [1.165, 1.54) is 4.57 Å². The first kappa shape index (κ1) is 18.2. The molecule has 2 aromatic rings. The predicted molar refractivity (Wildman–Crippen MR) is 97.3 cm³/mol. The Kier molecular flexibility index (Phi) is 5.15. The van der Waals surface area contributed by atoms with Crippen molar-refractivity contribution in [3.8, 4) is 11.5 Å². The summed E-state index contributed by atoms with van der Waals surface area (Å²) in [6.07, 6.45) is 4.05. The van der Waals surface area contributed by atoms with Gasteiger partial charge in [0, 0.05) is 12.5 Å². The van der Waals surface area contributed by atoms with E-state index in [9.17, 15) is 9.59 Å². The van der Waals surface area contributed by atoms with Crippen molar-refractivity contribution in [2.45, 2.75) is 51.5 Å². The third kappa shape index (κ3) is 3.13. The van der Waals surface area contributed by atoms with E-state index >= 15 is 0 Å². The lowest BCUT2D eigenvalue weighted by molar-refractivity contribution is -0.137. The van der Waals surface area contributed by atoms with E-state index in [0.29, 0.717) is 17.0 Å². The van der Waals surface area contributed by atoms with Crippen molar-refractivity contribution in [3.63, 3.8) is 0 Å². The van der Waals surface area contributed by atoms with Crippen LogP contribution in [0.15, 0.2) is 10.9 Å². The molecule has 1 aliphatic rings. The van der Waals surface area contributed by atoms with Crippen LogP contribution in [-0.4, -0.2) is 34.8 Å². The van der Waals surface area contributed by atoms with Crippen LogP contribution in [0.25, 0.3) is 10.9 Å². The molecule has 1 saturated carbocycles. The van der Waals surface area contributed by atoms with Crippen LogP contribution in [0.2, 0.25) is 0 Å². The maximum Gasteiger partial charge on any atom is 0.348 e. The van der Waals surface area contributed by atoms with Crippen LogP contribution < -0.4 is 15.2 Å². The lowest BCUT2D eigenvalue weighted by Gasteiger charge is -2.20. The van der Waals surface area contributed by atoms with Gasteiger partial charge in [-0.2, -0.15) is 4.98 Å². The molecule has 0 atom stereocenters. The number of ether oxygens (including phenoxy) is 2. The Morgan fingerprint density at radius 1 is 1.27 bits per heavy atom. The average molecular weight is 360 g/mol. The largest absolute Gasteiger partial charge is 0.493 e. The predicted octanol–water partition coefficient (Wildman–Crippen LogP) is 2.85. The van der Waals surface area contributed by atoms with Crippen molar-refractivity contribution in [2.75, 3.05) is 14.2 Å². The van der Waals surface area contributed by atoms with E-state index < -0.39 is 11.7 Å². The minimum absolute atomic E-state index is 0.0670. The van der Waals surface area contributed by atoms with Crippen LogP contribution in [0.3, 0.4) is 0 Å². The molecule has 1 aliphatic carbocycles. The Balaban J connectivity index is 2.35. The zero-order valence-corrected chi connectivity index (χ0v) is 15.4. The maximum absolute atomic E-state index is 12.7. The molecule has 0 amide bonds. The number of aliphatic carboxylic acids is 1. The number of hydrogen-bond acceptors (Lipinski definition) is 5. The van der Waals surface area contributed by atoms with E-state index in [2.05, 4.69) is 4.98 Å². The minimum atomic E-state index is -0.956. The Morgan fingerprint density at radius 2 is 1.92 bits per heavy atom. The van der Waals surface area contributed by atoms with Crippen molar-refractivity contribution < 1.29 is 19.4 Å². The highest BCUT2D eigenvalue weighted by Gasteiger charge is 2.27. The number of benzene rings is 1. The van der Waals surface area contributed by atoms with Gasteiger partial charge in [0.25, 0.3) is 0 Å². The van der Waals surface area contributed by atoms with Crippen molar-refractivity contribution in [1.29, 1.82) is 0 Å². The topological polar surface area (TPSA) is 90.7 Å². The molecule has 140 valence electrons. The molecule has 1 aromatic carbocycles. The number of aryl methyl sites for hydroxylation is 2. The SMILES string of the molecule is COc1c(C)cc2c(c(C3CCCC3)nc(=O)n2CCC(=O)O)c1OC. The fraction of sp³-hybridized carbons (Fsp3) is 0.526. The summed E-state index contributed by atoms with van der Waals surface area (Å²) in [5.74, 6) is 0.424. The second kappa shape index (κ2) is 7.35. The summed E-state index contributed by atoms with van der Waals surface area (Å²) in [6, 6.07) is 1.86. The van der Waals surface area contributed by atoms with Gasteiger partial charge in [-0.3, -0.25) is 9.36 Å². The molecule has 1 heterocycles. The second-order valence-electron chi connectivity index (χ2n) is 6.71. The van der Waals surface area contributed by atoms with Crippen LogP contribution in [0, 0.1) is 6.92 Å². The van der Waals surface area contributed by atoms with Crippen molar-refractivity contribution in [1.82, 2.24) is 9.55 Å². The smallest absolute Gasteiger partial charge is 0.348 e. The van der Waals surface area contributed by atoms with Gasteiger partial charge in [0.05, 0.1) is 37.2 Å². The molecule has 0 radical (unpaired) electrons. The number of hydrogen-bond donors (Lipinski definition) is 1. The molecular weight excluding hydrogens is 336 g/mol. The lowest BCUT2D eigenvalue weighted by atomic mass is 9.97. The third-order valence-electron chi connectivity index (χ3n) is 5.09. The first-order valence-electron chi connectivity index (χ1n) is 8.85. The van der Waals surface area contributed by atoms with Gasteiger partial charge in [0.15, 0.2) is 11.5 Å². The van der Waals surface area contributed by atoms with Gasteiger partial charge in [-0.1, -0.05) is 12.8 Å². The van der Waals surface area contributed by atoms with Gasteiger partial charge in [-0.15, -0.1) is 0 Å². The van der Waals surface area contributed by atoms with Gasteiger partial charge in [-0.05, 0) is 31.4 Å². The Hall–Kier alpha value is -2.57. The summed E-state index contributed by atoms with van der Waals surface area (Å²) in [5.41, 5.74) is 1.81. The number of aromatic nitrogens is 2. The summed E-state index contributed by atoms with van der Waals surface area (Å²) < 4.78 is 12.6. The molecule has 1 aromatic heterocycles. The fourth-order valence-corrected chi connectivity index (χ4v) is 3.90. The molecule has 1 fully saturated rings. The van der Waals surface area contributed by atoms with Crippen LogP contribution in [-0.2, 0) is 11.3 Å². The van der Waals surface area contributed by atoms with Gasteiger partial charge in [-0.25, -0.2) is 4.79 Å². The molecule has 0 unspecified atom stereocenters. The van der Waals surface area contributed by atoms with Gasteiger partial charge in [0.1, 0.15) is 0 Å². The Morgan fingerprint density at radius 3 is 2.50 bits per heavy atom. The number of carbonyl (C=O) groups is 1. The van der Waals surface area contributed by atoms with E-state index in [-0.39, 0.29) is 18.9 Å². The van der Waals surface area contributed by atoms with E-state index in [4.69, 9.17) is 14.6 Å². The van der Waals surface area contributed by atoms with Gasteiger partial charge in [0.2, 0.25) is 0 Å². The first-order valence-corrected chi connectivity index (χ1v) is 8.85. The summed E-state index contributed by atoms with van der Waals surface area (Å²) in [6.45, 7) is 1.94. The molecule has 0 bridgehead atoms. The monoisotopic (exact) mass is 360 g/mol. The maximum atomic E-state index is 12.7. The summed E-state index contributed by atoms with van der Waals surface area (Å²) in [5, 5.41) is 9.78. The third-order valence-corrected chi connectivity index (χ3v) is 5.09. The van der Waals surface area contributed by atoms with Gasteiger partial charge >= 0.3 is 11.7 Å². The van der Waals surface area contributed by atoms with Gasteiger partial charge < -0.3 is 14.6 Å². The van der Waals surface area contributed by atoms with Crippen molar-refractivity contribution in [3.05, 3.63) is 27.8 Å². The number of rotatable bonds is 6. The Labute approximate surface area is 151 Å². The Bertz CT molecular complexity index is 897. The van der Waals surface area contributed by atoms with E-state index in [1.54, 1.807) is 14.2 Å². The second-order valence-corrected chi connectivity index (χ2v) is 6.71. The molecular formula is C19H24N2O5. The van der Waals surface area contributed by atoms with Crippen LogP contribution >= 0.6 is 0 Å². The molecule has 0 saturated heterocycles. The van der Waals surface area contributed by atoms with E-state index in [1.807, 2.05) is 13.0 Å². The summed E-state index contributed by atoms with van der Waals surface area (Å²) in [4.78, 5) is 28.0. The molecule has 0 aliphatic heterocycles. The fourth-order valence-electron chi connectivity index (χ4n) is 3.90. The van der Waals surface area contributed by atoms with Crippen molar-refractivity contribution >= 4 is 16.9 Å². The molecule has 0 spiro atoms. The van der Waals surface area contributed by atoms with E-state index in [0.717, 1.165) is 42.3 Å². The molecule has 3 rings (SSSR count). The normalized spacial score (nSPS) is 14.7. The zero-order chi connectivity index (χ0) is 18.8. The highest BCUT2D eigenvalue weighted by atomic mass is 16.5. The number of nitrogens with zero attached hydrogens (tertiary/aromatic N) is 2. The van der Waals surface area contributed by atoms with Crippen LogP contribution in [0.1, 0.15) is 49.3 Å². The quantitative estimate of drug-likeness (QED) is 0.852. The number of methoxy groups -OCH3 is 2. The highest BCUT2D eigenvalue weighted by molar-refractivity contribution is 5.92. The number of carboxylic acid groups (broad SMARTS) is 1. The zero-order valence-electron chi connectivity index (χ0n) is 15.4.